The Labute approximate surface area is 102 Å². The molecule has 15 heavy (non-hydrogen) atoms. The fourth-order valence-corrected chi connectivity index (χ4v) is 3.31. The summed E-state index contributed by atoms with van der Waals surface area (Å²) in [4.78, 5) is 14.9. The van der Waals surface area contributed by atoms with Crippen molar-refractivity contribution in [1.82, 2.24) is 4.90 Å². The summed E-state index contributed by atoms with van der Waals surface area (Å²) in [6.45, 7) is 4.04. The summed E-state index contributed by atoms with van der Waals surface area (Å²) < 4.78 is 1.02. The smallest absolute Gasteiger partial charge is 0.263 e. The lowest BCUT2D eigenvalue weighted by molar-refractivity contribution is 0.0688. The number of carbonyl (C=O) groups is 1. The predicted molar refractivity (Wildman–Crippen MR) is 66.3 cm³/mol. The van der Waals surface area contributed by atoms with Crippen molar-refractivity contribution < 1.29 is 4.79 Å². The van der Waals surface area contributed by atoms with Crippen LogP contribution in [-0.2, 0) is 0 Å². The van der Waals surface area contributed by atoms with Crippen molar-refractivity contribution in [2.75, 3.05) is 13.1 Å². The van der Waals surface area contributed by atoms with Crippen molar-refractivity contribution in [2.45, 2.75) is 19.8 Å². The van der Waals surface area contributed by atoms with Gasteiger partial charge in [0.2, 0.25) is 0 Å². The summed E-state index contributed by atoms with van der Waals surface area (Å²) in [6, 6.07) is 3.83. The van der Waals surface area contributed by atoms with Crippen LogP contribution in [0.25, 0.3) is 0 Å². The van der Waals surface area contributed by atoms with Crippen molar-refractivity contribution in [2.24, 2.45) is 5.92 Å². The topological polar surface area (TPSA) is 20.3 Å². The summed E-state index contributed by atoms with van der Waals surface area (Å²) in [5.41, 5.74) is 0. The molecule has 0 N–H and O–H groups in total. The Morgan fingerprint density at radius 1 is 1.60 bits per heavy atom. The quantitative estimate of drug-likeness (QED) is 0.775. The molecule has 0 aliphatic carbocycles. The molecule has 1 aromatic heterocycles. The third kappa shape index (κ3) is 2.61. The number of carbonyl (C=O) groups excluding carboxylic acids is 1. The first kappa shape index (κ1) is 11.1. The van der Waals surface area contributed by atoms with E-state index in [1.165, 1.54) is 17.8 Å². The second kappa shape index (κ2) is 4.66. The van der Waals surface area contributed by atoms with E-state index in [0.29, 0.717) is 5.92 Å². The Morgan fingerprint density at radius 3 is 3.00 bits per heavy atom. The number of piperidine rings is 1. The first-order chi connectivity index (χ1) is 7.16. The number of hydrogen-bond acceptors (Lipinski definition) is 2. The molecule has 82 valence electrons. The van der Waals surface area contributed by atoms with Crippen LogP contribution in [0.1, 0.15) is 29.4 Å². The normalized spacial score (nSPS) is 21.7. The molecule has 2 rings (SSSR count). The molecular weight excluding hydrogens is 274 g/mol. The van der Waals surface area contributed by atoms with Gasteiger partial charge in [0.05, 0.1) is 8.66 Å². The van der Waals surface area contributed by atoms with Gasteiger partial charge in [-0.3, -0.25) is 4.79 Å². The number of rotatable bonds is 1. The molecule has 0 aromatic carbocycles. The molecule has 4 heteroatoms. The van der Waals surface area contributed by atoms with Crippen LogP contribution < -0.4 is 0 Å². The van der Waals surface area contributed by atoms with E-state index in [9.17, 15) is 4.79 Å². The summed E-state index contributed by atoms with van der Waals surface area (Å²) >= 11 is 4.90. The highest BCUT2D eigenvalue weighted by molar-refractivity contribution is 9.11. The summed E-state index contributed by atoms with van der Waals surface area (Å²) in [5.74, 6) is 0.836. The Morgan fingerprint density at radius 2 is 2.40 bits per heavy atom. The standard InChI is InChI=1S/C11H14BrNOS/c1-8-3-2-6-13(7-8)11(14)9-4-5-10(12)15-9/h4-5,8H,2-3,6-7H2,1H3/t8-/m1/s1. The molecule has 1 fully saturated rings. The lowest BCUT2D eigenvalue weighted by atomic mass is 10.0. The average molecular weight is 288 g/mol. The van der Waals surface area contributed by atoms with Crippen LogP contribution in [0.5, 0.6) is 0 Å². The minimum Gasteiger partial charge on any atom is -0.338 e. The maximum Gasteiger partial charge on any atom is 0.263 e. The molecule has 0 spiro atoms. The molecule has 0 bridgehead atoms. The second-order valence-electron chi connectivity index (χ2n) is 4.10. The number of thiophene rings is 1. The van der Waals surface area contributed by atoms with Gasteiger partial charge in [-0.2, -0.15) is 0 Å². The molecule has 1 aliphatic rings. The van der Waals surface area contributed by atoms with E-state index < -0.39 is 0 Å². The number of amides is 1. The number of halogens is 1. The molecule has 1 aromatic rings. The zero-order chi connectivity index (χ0) is 10.8. The lowest BCUT2D eigenvalue weighted by Gasteiger charge is -2.30. The molecule has 2 heterocycles. The third-order valence-electron chi connectivity index (χ3n) is 2.73. The van der Waals surface area contributed by atoms with Crippen LogP contribution in [0.4, 0.5) is 0 Å². The minimum absolute atomic E-state index is 0.192. The summed E-state index contributed by atoms with van der Waals surface area (Å²) in [7, 11) is 0. The van der Waals surface area contributed by atoms with Gasteiger partial charge >= 0.3 is 0 Å². The monoisotopic (exact) mass is 287 g/mol. The average Bonchev–Trinajstić information content (AvgIpc) is 2.64. The van der Waals surface area contributed by atoms with Crippen LogP contribution in [-0.4, -0.2) is 23.9 Å². The summed E-state index contributed by atoms with van der Waals surface area (Å²) in [6.07, 6.45) is 2.39. The van der Waals surface area contributed by atoms with Crippen molar-refractivity contribution in [3.8, 4) is 0 Å². The fraction of sp³-hybridized carbons (Fsp3) is 0.545. The van der Waals surface area contributed by atoms with Gasteiger partial charge in [0, 0.05) is 13.1 Å². The molecule has 1 saturated heterocycles. The molecule has 1 atom stereocenters. The fourth-order valence-electron chi connectivity index (χ4n) is 1.96. The van der Waals surface area contributed by atoms with Gasteiger partial charge in [0.15, 0.2) is 0 Å². The van der Waals surface area contributed by atoms with Crippen LogP contribution in [0, 0.1) is 5.92 Å². The number of likely N-dealkylation sites (tertiary alicyclic amines) is 1. The third-order valence-corrected chi connectivity index (χ3v) is 4.34. The highest BCUT2D eigenvalue weighted by Crippen LogP contribution is 2.25. The van der Waals surface area contributed by atoms with Crippen LogP contribution >= 0.6 is 27.3 Å². The van der Waals surface area contributed by atoms with E-state index in [1.54, 1.807) is 0 Å². The molecule has 2 nitrogen and oxygen atoms in total. The molecule has 1 aliphatic heterocycles. The molecule has 0 radical (unpaired) electrons. The Kier molecular flexibility index (Phi) is 3.46. The molecule has 1 amide bonds. The van der Waals surface area contributed by atoms with Gasteiger partial charge in [-0.25, -0.2) is 0 Å². The lowest BCUT2D eigenvalue weighted by Crippen LogP contribution is -2.38. The zero-order valence-electron chi connectivity index (χ0n) is 8.70. The first-order valence-electron chi connectivity index (χ1n) is 5.21. The van der Waals surface area contributed by atoms with Gasteiger partial charge in [-0.05, 0) is 46.8 Å². The Bertz CT molecular complexity index is 363. The number of hydrogen-bond donors (Lipinski definition) is 0. The van der Waals surface area contributed by atoms with Gasteiger partial charge in [-0.15, -0.1) is 11.3 Å². The maximum absolute atomic E-state index is 12.1. The van der Waals surface area contributed by atoms with E-state index in [-0.39, 0.29) is 5.91 Å². The van der Waals surface area contributed by atoms with E-state index in [4.69, 9.17) is 0 Å². The van der Waals surface area contributed by atoms with E-state index in [1.807, 2.05) is 17.0 Å². The van der Waals surface area contributed by atoms with E-state index in [0.717, 1.165) is 28.2 Å². The highest BCUT2D eigenvalue weighted by Gasteiger charge is 2.22. The van der Waals surface area contributed by atoms with E-state index >= 15 is 0 Å². The van der Waals surface area contributed by atoms with Gasteiger partial charge in [0.1, 0.15) is 0 Å². The first-order valence-corrected chi connectivity index (χ1v) is 6.82. The van der Waals surface area contributed by atoms with E-state index in [2.05, 4.69) is 22.9 Å². The van der Waals surface area contributed by atoms with Gasteiger partial charge in [0.25, 0.3) is 5.91 Å². The van der Waals surface area contributed by atoms with Crippen molar-refractivity contribution in [3.05, 3.63) is 20.8 Å². The van der Waals surface area contributed by atoms with Gasteiger partial charge < -0.3 is 4.90 Å². The summed E-state index contributed by atoms with van der Waals surface area (Å²) in [5, 5.41) is 0. The highest BCUT2D eigenvalue weighted by atomic mass is 79.9. The van der Waals surface area contributed by atoms with Crippen LogP contribution in [0.3, 0.4) is 0 Å². The van der Waals surface area contributed by atoms with Crippen LogP contribution in [0.2, 0.25) is 0 Å². The maximum atomic E-state index is 12.1. The van der Waals surface area contributed by atoms with Crippen molar-refractivity contribution >= 4 is 33.2 Å². The Hall–Kier alpha value is -0.350. The zero-order valence-corrected chi connectivity index (χ0v) is 11.1. The van der Waals surface area contributed by atoms with Crippen LogP contribution in [0.15, 0.2) is 15.9 Å². The largest absolute Gasteiger partial charge is 0.338 e. The number of nitrogens with zero attached hydrogens (tertiary/aromatic N) is 1. The molecule has 0 unspecified atom stereocenters. The Balaban J connectivity index is 2.07. The van der Waals surface area contributed by atoms with Crippen molar-refractivity contribution in [3.63, 3.8) is 0 Å². The second-order valence-corrected chi connectivity index (χ2v) is 6.57. The SMILES string of the molecule is C[C@@H]1CCCN(C(=O)c2ccc(Br)s2)C1. The minimum atomic E-state index is 0.192. The van der Waals surface area contributed by atoms with Gasteiger partial charge in [-0.1, -0.05) is 6.92 Å². The van der Waals surface area contributed by atoms with Crippen molar-refractivity contribution in [1.29, 1.82) is 0 Å². The molecule has 0 saturated carbocycles. The molecular formula is C11H14BrNOS. The predicted octanol–water partition coefficient (Wildman–Crippen LogP) is 3.38.